The van der Waals surface area contributed by atoms with Crippen LogP contribution in [-0.2, 0) is 16.4 Å². The van der Waals surface area contributed by atoms with E-state index >= 15 is 0 Å². The number of nitrogens with two attached hydrogens (primary N) is 1. The quantitative estimate of drug-likeness (QED) is 0.839. The number of benzene rings is 1. The van der Waals surface area contributed by atoms with Crippen molar-refractivity contribution in [1.82, 2.24) is 10.5 Å². The maximum Gasteiger partial charge on any atom is 0.273 e. The monoisotopic (exact) mass is 309 g/mol. The van der Waals surface area contributed by atoms with Crippen molar-refractivity contribution < 1.29 is 17.7 Å². The van der Waals surface area contributed by atoms with Gasteiger partial charge in [-0.3, -0.25) is 4.79 Å². The minimum atomic E-state index is -3.72. The van der Waals surface area contributed by atoms with Crippen LogP contribution in [0.25, 0.3) is 0 Å². The molecule has 0 saturated heterocycles. The van der Waals surface area contributed by atoms with Crippen LogP contribution in [0.4, 0.5) is 0 Å². The standard InChI is InChI=1S/C13H15N3O4S/c1-9-7-12(16-20-9)13(17)15-6-5-10-3-2-4-11(8-10)21(14,18)19/h2-4,7-8H,5-6H2,1H3,(H,15,17)(H2,14,18,19). The molecule has 112 valence electrons. The molecule has 0 aliphatic rings. The van der Waals surface area contributed by atoms with Crippen molar-refractivity contribution in [2.45, 2.75) is 18.2 Å². The fourth-order valence-electron chi connectivity index (χ4n) is 1.76. The summed E-state index contributed by atoms with van der Waals surface area (Å²) in [4.78, 5) is 11.8. The smallest absolute Gasteiger partial charge is 0.273 e. The number of rotatable bonds is 5. The lowest BCUT2D eigenvalue weighted by Gasteiger charge is -2.05. The van der Waals surface area contributed by atoms with Crippen LogP contribution in [0.1, 0.15) is 21.8 Å². The summed E-state index contributed by atoms with van der Waals surface area (Å²) in [5.41, 5.74) is 0.976. The third kappa shape index (κ3) is 4.14. The van der Waals surface area contributed by atoms with Gasteiger partial charge in [0.25, 0.3) is 5.91 Å². The highest BCUT2D eigenvalue weighted by atomic mass is 32.2. The van der Waals surface area contributed by atoms with Gasteiger partial charge in [-0.1, -0.05) is 17.3 Å². The lowest BCUT2D eigenvalue weighted by atomic mass is 10.1. The topological polar surface area (TPSA) is 115 Å². The Balaban J connectivity index is 1.93. The van der Waals surface area contributed by atoms with E-state index in [1.807, 2.05) is 0 Å². The first-order valence-corrected chi connectivity index (χ1v) is 7.74. The van der Waals surface area contributed by atoms with E-state index in [-0.39, 0.29) is 16.5 Å². The van der Waals surface area contributed by atoms with Gasteiger partial charge < -0.3 is 9.84 Å². The molecular formula is C13H15N3O4S. The van der Waals surface area contributed by atoms with E-state index < -0.39 is 10.0 Å². The first-order chi connectivity index (χ1) is 9.86. The predicted molar refractivity (Wildman–Crippen MR) is 75.1 cm³/mol. The summed E-state index contributed by atoms with van der Waals surface area (Å²) in [7, 11) is -3.72. The molecule has 0 atom stereocenters. The van der Waals surface area contributed by atoms with Crippen molar-refractivity contribution in [3.63, 3.8) is 0 Å². The third-order valence-electron chi connectivity index (χ3n) is 2.79. The van der Waals surface area contributed by atoms with Gasteiger partial charge in [0.2, 0.25) is 10.0 Å². The van der Waals surface area contributed by atoms with Gasteiger partial charge in [-0.2, -0.15) is 0 Å². The van der Waals surface area contributed by atoms with E-state index in [9.17, 15) is 13.2 Å². The Morgan fingerprint density at radius 2 is 2.14 bits per heavy atom. The first-order valence-electron chi connectivity index (χ1n) is 6.19. The molecule has 1 aromatic heterocycles. The van der Waals surface area contributed by atoms with Crippen LogP contribution in [0.5, 0.6) is 0 Å². The molecule has 0 radical (unpaired) electrons. The lowest BCUT2D eigenvalue weighted by molar-refractivity contribution is 0.0945. The summed E-state index contributed by atoms with van der Waals surface area (Å²) >= 11 is 0. The molecule has 0 fully saturated rings. The summed E-state index contributed by atoms with van der Waals surface area (Å²) in [6.45, 7) is 2.04. The molecule has 21 heavy (non-hydrogen) atoms. The second kappa shape index (κ2) is 6.06. The lowest BCUT2D eigenvalue weighted by Crippen LogP contribution is -2.26. The molecule has 3 N–H and O–H groups in total. The molecule has 0 aliphatic heterocycles. The van der Waals surface area contributed by atoms with Gasteiger partial charge >= 0.3 is 0 Å². The Morgan fingerprint density at radius 3 is 2.76 bits per heavy atom. The van der Waals surface area contributed by atoms with E-state index in [2.05, 4.69) is 10.5 Å². The van der Waals surface area contributed by atoms with Gasteiger partial charge in [-0.25, -0.2) is 13.6 Å². The van der Waals surface area contributed by atoms with Gasteiger partial charge in [0, 0.05) is 12.6 Å². The molecule has 1 heterocycles. The summed E-state index contributed by atoms with van der Waals surface area (Å²) in [6, 6.07) is 7.83. The second-order valence-electron chi connectivity index (χ2n) is 4.52. The average Bonchev–Trinajstić information content (AvgIpc) is 2.85. The molecule has 2 rings (SSSR count). The molecule has 0 aliphatic carbocycles. The highest BCUT2D eigenvalue weighted by Gasteiger charge is 2.11. The number of hydrogen-bond acceptors (Lipinski definition) is 5. The molecule has 1 aromatic carbocycles. The number of primary sulfonamides is 1. The average molecular weight is 309 g/mol. The third-order valence-corrected chi connectivity index (χ3v) is 3.70. The maximum atomic E-state index is 11.7. The van der Waals surface area contributed by atoms with Crippen LogP contribution in [0.3, 0.4) is 0 Å². The van der Waals surface area contributed by atoms with Crippen molar-refractivity contribution in [2.75, 3.05) is 6.54 Å². The van der Waals surface area contributed by atoms with E-state index in [0.717, 1.165) is 5.56 Å². The fraction of sp³-hybridized carbons (Fsp3) is 0.231. The Hall–Kier alpha value is -2.19. The number of carbonyl (C=O) groups excluding carboxylic acids is 1. The molecule has 7 nitrogen and oxygen atoms in total. The number of nitrogens with zero attached hydrogens (tertiary/aromatic N) is 1. The normalized spacial score (nSPS) is 11.3. The van der Waals surface area contributed by atoms with E-state index in [1.165, 1.54) is 18.2 Å². The van der Waals surface area contributed by atoms with Crippen LogP contribution >= 0.6 is 0 Å². The molecule has 0 bridgehead atoms. The minimum absolute atomic E-state index is 0.0541. The molecule has 2 aromatic rings. The van der Waals surface area contributed by atoms with Gasteiger partial charge in [0.15, 0.2) is 5.69 Å². The number of aryl methyl sites for hydroxylation is 1. The Labute approximate surface area is 122 Å². The summed E-state index contributed by atoms with van der Waals surface area (Å²) in [6.07, 6.45) is 0.478. The van der Waals surface area contributed by atoms with Crippen LogP contribution in [-0.4, -0.2) is 26.0 Å². The number of carbonyl (C=O) groups is 1. The van der Waals surface area contributed by atoms with Gasteiger partial charge in [-0.15, -0.1) is 0 Å². The summed E-state index contributed by atoms with van der Waals surface area (Å²) in [5, 5.41) is 11.3. The highest BCUT2D eigenvalue weighted by Crippen LogP contribution is 2.10. The summed E-state index contributed by atoms with van der Waals surface area (Å²) in [5.74, 6) is 0.218. The summed E-state index contributed by atoms with van der Waals surface area (Å²) < 4.78 is 27.3. The number of aromatic nitrogens is 1. The number of hydrogen-bond donors (Lipinski definition) is 2. The molecule has 0 unspecified atom stereocenters. The SMILES string of the molecule is Cc1cc(C(=O)NCCc2cccc(S(N)(=O)=O)c2)no1. The molecular weight excluding hydrogens is 294 g/mol. The Bertz CT molecular complexity index is 752. The highest BCUT2D eigenvalue weighted by molar-refractivity contribution is 7.89. The van der Waals surface area contributed by atoms with Gasteiger partial charge in [0.1, 0.15) is 5.76 Å². The fourth-order valence-corrected chi connectivity index (χ4v) is 2.35. The number of nitrogens with one attached hydrogen (secondary N) is 1. The zero-order valence-electron chi connectivity index (χ0n) is 11.4. The zero-order valence-corrected chi connectivity index (χ0v) is 12.2. The molecule has 8 heteroatoms. The van der Waals surface area contributed by atoms with Crippen molar-refractivity contribution in [2.24, 2.45) is 5.14 Å². The van der Waals surface area contributed by atoms with Crippen LogP contribution in [0.2, 0.25) is 0 Å². The maximum absolute atomic E-state index is 11.7. The molecule has 0 spiro atoms. The van der Waals surface area contributed by atoms with Crippen molar-refractivity contribution >= 4 is 15.9 Å². The number of sulfonamides is 1. The van der Waals surface area contributed by atoms with E-state index in [1.54, 1.807) is 19.1 Å². The number of amides is 1. The van der Waals surface area contributed by atoms with Crippen molar-refractivity contribution in [3.05, 3.63) is 47.3 Å². The Kier molecular flexibility index (Phi) is 4.39. The molecule has 0 saturated carbocycles. The van der Waals surface area contributed by atoms with Crippen molar-refractivity contribution in [3.8, 4) is 0 Å². The largest absolute Gasteiger partial charge is 0.361 e. The van der Waals surface area contributed by atoms with E-state index in [4.69, 9.17) is 9.66 Å². The van der Waals surface area contributed by atoms with E-state index in [0.29, 0.717) is 18.7 Å². The Morgan fingerprint density at radius 1 is 1.38 bits per heavy atom. The van der Waals surface area contributed by atoms with Crippen molar-refractivity contribution in [1.29, 1.82) is 0 Å². The molecule has 1 amide bonds. The zero-order chi connectivity index (χ0) is 15.5. The van der Waals surface area contributed by atoms with Crippen LogP contribution < -0.4 is 10.5 Å². The first kappa shape index (κ1) is 15.2. The predicted octanol–water partition coefficient (Wildman–Crippen LogP) is 0.603. The second-order valence-corrected chi connectivity index (χ2v) is 6.08. The van der Waals surface area contributed by atoms with Gasteiger partial charge in [0.05, 0.1) is 4.90 Å². The van der Waals surface area contributed by atoms with Gasteiger partial charge in [-0.05, 0) is 31.0 Å². The van der Waals surface area contributed by atoms with Crippen LogP contribution in [0, 0.1) is 6.92 Å². The minimum Gasteiger partial charge on any atom is -0.361 e. The van der Waals surface area contributed by atoms with Crippen LogP contribution in [0.15, 0.2) is 39.8 Å².